The maximum Gasteiger partial charge on any atom is 0.337 e. The number of halogens is 2. The van der Waals surface area contributed by atoms with Crippen LogP contribution in [0, 0.1) is 0 Å². The third kappa shape index (κ3) is 8.81. The lowest BCUT2D eigenvalue weighted by Crippen LogP contribution is -2.09. The predicted octanol–water partition coefficient (Wildman–Crippen LogP) is 9.69. The lowest BCUT2D eigenvalue weighted by Gasteiger charge is -2.09. The van der Waals surface area contributed by atoms with Gasteiger partial charge in [0.25, 0.3) is 0 Å². The summed E-state index contributed by atoms with van der Waals surface area (Å²) in [4.78, 5) is 16.8. The zero-order valence-corrected chi connectivity index (χ0v) is 29.3. The summed E-state index contributed by atoms with van der Waals surface area (Å²) in [5.41, 5.74) is 6.48. The molecule has 6 rings (SSSR count). The number of esters is 1. The van der Waals surface area contributed by atoms with E-state index in [9.17, 15) is 13.2 Å². The molecular weight excluding hydrogens is 693 g/mol. The van der Waals surface area contributed by atoms with Gasteiger partial charge in [-0.05, 0) is 95.1 Å². The Morgan fingerprint density at radius 2 is 1.44 bits per heavy atom. The van der Waals surface area contributed by atoms with Gasteiger partial charge in [0.05, 0.1) is 29.6 Å². The Morgan fingerprint density at radius 1 is 0.820 bits per heavy atom. The second-order valence-electron chi connectivity index (χ2n) is 11.4. The summed E-state index contributed by atoms with van der Waals surface area (Å²) < 4.78 is 38.1. The number of methoxy groups -OCH3 is 1. The summed E-state index contributed by atoms with van der Waals surface area (Å²) in [6, 6.07) is 35.2. The first-order chi connectivity index (χ1) is 24.0. The van der Waals surface area contributed by atoms with Crippen LogP contribution >= 0.6 is 23.2 Å². The molecule has 0 radical (unpaired) electrons. The summed E-state index contributed by atoms with van der Waals surface area (Å²) in [6.07, 6.45) is 7.02. The van der Waals surface area contributed by atoms with Crippen LogP contribution in [0.2, 0.25) is 10.0 Å². The minimum Gasteiger partial charge on any atom is -0.465 e. The summed E-state index contributed by atoms with van der Waals surface area (Å²) in [5.74, 6) is 1.59. The SMILES string of the molecule is COC(=O)c1ccc(Cn2cc(-c3ccc(Cl)cc3Cl)nc2C=Cc2ccc(-c3ccc(Oc4ccc(NS(C)(=O)=O)cc4)cc3)cc2)cc1. The molecule has 0 aliphatic carbocycles. The Morgan fingerprint density at radius 3 is 2.04 bits per heavy atom. The van der Waals surface area contributed by atoms with Gasteiger partial charge >= 0.3 is 5.97 Å². The molecule has 1 heterocycles. The van der Waals surface area contributed by atoms with E-state index in [0.29, 0.717) is 45.0 Å². The number of ether oxygens (including phenoxy) is 2. The van der Waals surface area contributed by atoms with Crippen molar-refractivity contribution in [3.05, 3.63) is 154 Å². The summed E-state index contributed by atoms with van der Waals surface area (Å²) >= 11 is 12.7. The van der Waals surface area contributed by atoms with Crippen LogP contribution < -0.4 is 9.46 Å². The highest BCUT2D eigenvalue weighted by Gasteiger charge is 2.13. The zero-order chi connectivity index (χ0) is 35.3. The quantitative estimate of drug-likeness (QED) is 0.134. The lowest BCUT2D eigenvalue weighted by atomic mass is 10.0. The van der Waals surface area contributed by atoms with E-state index >= 15 is 0 Å². The first-order valence-corrected chi connectivity index (χ1v) is 18.0. The van der Waals surface area contributed by atoms with Gasteiger partial charge < -0.3 is 14.0 Å². The molecule has 0 aliphatic heterocycles. The molecule has 50 heavy (non-hydrogen) atoms. The standard InChI is InChI=1S/C39H31Cl2N3O5S/c1-48-39(45)30-10-5-27(6-11-30)24-44-25-37(35-21-14-31(40)23-36(35)41)42-38(44)22-7-26-3-8-28(9-4-26)29-12-17-33(18-13-29)49-34-19-15-32(16-20-34)43-50(2,46)47/h3-23,25,43H,24H2,1-2H3. The number of imidazole rings is 1. The van der Waals surface area contributed by atoms with Crippen LogP contribution in [0.1, 0.15) is 27.3 Å². The van der Waals surface area contributed by atoms with Gasteiger partial charge in [0.2, 0.25) is 10.0 Å². The average Bonchev–Trinajstić information content (AvgIpc) is 3.50. The second-order valence-corrected chi connectivity index (χ2v) is 14.0. The van der Waals surface area contributed by atoms with Gasteiger partial charge in [-0.25, -0.2) is 18.2 Å². The number of hydrogen-bond acceptors (Lipinski definition) is 6. The fourth-order valence-electron chi connectivity index (χ4n) is 5.19. The Hall–Kier alpha value is -5.35. The molecule has 0 saturated heterocycles. The van der Waals surface area contributed by atoms with E-state index in [4.69, 9.17) is 37.7 Å². The molecule has 8 nitrogen and oxygen atoms in total. The van der Waals surface area contributed by atoms with E-state index in [0.717, 1.165) is 39.9 Å². The van der Waals surface area contributed by atoms with Crippen molar-refractivity contribution < 1.29 is 22.7 Å². The van der Waals surface area contributed by atoms with Gasteiger partial charge in [0.15, 0.2) is 0 Å². The van der Waals surface area contributed by atoms with Crippen molar-refractivity contribution in [1.82, 2.24) is 9.55 Å². The van der Waals surface area contributed by atoms with Crippen molar-refractivity contribution in [2.75, 3.05) is 18.1 Å². The number of carbonyl (C=O) groups is 1. The third-order valence-corrected chi connectivity index (χ3v) is 8.81. The number of hydrogen-bond donors (Lipinski definition) is 1. The summed E-state index contributed by atoms with van der Waals surface area (Å²) in [7, 11) is -1.98. The van der Waals surface area contributed by atoms with Gasteiger partial charge in [0.1, 0.15) is 17.3 Å². The Bertz CT molecular complexity index is 2270. The molecule has 0 fully saturated rings. The number of aromatic nitrogens is 2. The second kappa shape index (κ2) is 15.0. The summed E-state index contributed by atoms with van der Waals surface area (Å²) in [5, 5.41) is 1.05. The molecule has 5 aromatic carbocycles. The molecule has 0 bridgehead atoms. The van der Waals surface area contributed by atoms with Gasteiger partial charge in [-0.2, -0.15) is 0 Å². The Kier molecular flexibility index (Phi) is 10.4. The van der Waals surface area contributed by atoms with Gasteiger partial charge in [-0.3, -0.25) is 4.72 Å². The highest BCUT2D eigenvalue weighted by atomic mass is 35.5. The topological polar surface area (TPSA) is 99.5 Å². The van der Waals surface area contributed by atoms with Crippen LogP contribution in [-0.4, -0.2) is 37.3 Å². The van der Waals surface area contributed by atoms with E-state index in [2.05, 4.69) is 16.9 Å². The van der Waals surface area contributed by atoms with E-state index in [-0.39, 0.29) is 5.97 Å². The third-order valence-electron chi connectivity index (χ3n) is 7.66. The number of nitrogens with one attached hydrogen (secondary N) is 1. The van der Waals surface area contributed by atoms with E-state index in [1.165, 1.54) is 7.11 Å². The molecule has 0 saturated carbocycles. The minimum atomic E-state index is -3.34. The molecule has 0 amide bonds. The van der Waals surface area contributed by atoms with E-state index < -0.39 is 10.0 Å². The first kappa shape index (κ1) is 34.5. The first-order valence-electron chi connectivity index (χ1n) is 15.4. The van der Waals surface area contributed by atoms with Gasteiger partial charge in [-0.1, -0.05) is 77.8 Å². The van der Waals surface area contributed by atoms with Crippen molar-refractivity contribution in [2.24, 2.45) is 0 Å². The van der Waals surface area contributed by atoms with Crippen molar-refractivity contribution >= 4 is 57.0 Å². The van der Waals surface area contributed by atoms with Crippen LogP contribution in [0.25, 0.3) is 34.5 Å². The van der Waals surface area contributed by atoms with E-state index in [1.807, 2.05) is 77.5 Å². The lowest BCUT2D eigenvalue weighted by molar-refractivity contribution is 0.0600. The molecule has 0 aliphatic rings. The maximum absolute atomic E-state index is 11.9. The molecular formula is C39H31Cl2N3O5S. The van der Waals surface area contributed by atoms with Crippen LogP contribution in [0.4, 0.5) is 5.69 Å². The Balaban J connectivity index is 1.17. The molecule has 11 heteroatoms. The van der Waals surface area contributed by atoms with Crippen molar-refractivity contribution in [3.8, 4) is 33.9 Å². The van der Waals surface area contributed by atoms with E-state index in [1.54, 1.807) is 48.5 Å². The van der Waals surface area contributed by atoms with Crippen molar-refractivity contribution in [2.45, 2.75) is 6.54 Å². The number of anilines is 1. The maximum atomic E-state index is 11.9. The molecule has 0 unspecified atom stereocenters. The van der Waals surface area contributed by atoms with Gasteiger partial charge in [0, 0.05) is 29.0 Å². The fourth-order valence-corrected chi connectivity index (χ4v) is 6.26. The smallest absolute Gasteiger partial charge is 0.337 e. The number of carbonyl (C=O) groups excluding carboxylic acids is 1. The Labute approximate surface area is 300 Å². The van der Waals surface area contributed by atoms with Crippen molar-refractivity contribution in [3.63, 3.8) is 0 Å². The average molecular weight is 725 g/mol. The zero-order valence-electron chi connectivity index (χ0n) is 27.0. The van der Waals surface area contributed by atoms with Crippen LogP contribution in [0.15, 0.2) is 121 Å². The normalized spacial score (nSPS) is 11.4. The summed E-state index contributed by atoms with van der Waals surface area (Å²) in [6.45, 7) is 0.518. The van der Waals surface area contributed by atoms with Crippen molar-refractivity contribution in [1.29, 1.82) is 0 Å². The molecule has 0 atom stereocenters. The van der Waals surface area contributed by atoms with Gasteiger partial charge in [-0.15, -0.1) is 0 Å². The number of nitrogens with zero attached hydrogens (tertiary/aromatic N) is 2. The number of rotatable bonds is 11. The monoisotopic (exact) mass is 723 g/mol. The fraction of sp³-hybridized carbons (Fsp3) is 0.0769. The molecule has 1 N–H and O–H groups in total. The largest absolute Gasteiger partial charge is 0.465 e. The number of benzene rings is 5. The highest BCUT2D eigenvalue weighted by molar-refractivity contribution is 7.92. The van der Waals surface area contributed by atoms with Crippen LogP contribution in [0.3, 0.4) is 0 Å². The van der Waals surface area contributed by atoms with Crippen LogP contribution in [0.5, 0.6) is 11.5 Å². The highest BCUT2D eigenvalue weighted by Crippen LogP contribution is 2.31. The molecule has 0 spiro atoms. The predicted molar refractivity (Wildman–Crippen MR) is 200 cm³/mol. The molecule has 252 valence electrons. The molecule has 6 aromatic rings. The minimum absolute atomic E-state index is 0.384. The number of sulfonamides is 1. The molecule has 1 aromatic heterocycles. The van der Waals surface area contributed by atoms with Crippen LogP contribution in [-0.2, 0) is 21.3 Å².